The Morgan fingerprint density at radius 1 is 1.00 bits per heavy atom. The molecule has 0 N–H and O–H groups in total. The molecule has 0 spiro atoms. The zero-order chi connectivity index (χ0) is 16.5. The topological polar surface area (TPSA) is 0 Å². The molecule has 0 saturated carbocycles. The molecule has 4 heteroatoms. The van der Waals surface area contributed by atoms with E-state index in [-0.39, 0.29) is 51.0 Å². The molecule has 25 heavy (non-hydrogen) atoms. The van der Waals surface area contributed by atoms with Gasteiger partial charge in [-0.15, -0.1) is 13.3 Å². The molecule has 0 saturated heterocycles. The molecular formula is C21H27Cl2SiZr. The summed E-state index contributed by atoms with van der Waals surface area (Å²) in [4.78, 5) is 0. The molecule has 0 fully saturated rings. The van der Waals surface area contributed by atoms with Crippen LogP contribution in [0.3, 0.4) is 0 Å². The summed E-state index contributed by atoms with van der Waals surface area (Å²) in [5.74, 6) is 0.560. The monoisotopic (exact) mass is 467 g/mol. The molecule has 0 heterocycles. The third-order valence-corrected chi connectivity index (χ3v) is 4.41. The van der Waals surface area contributed by atoms with Crippen molar-refractivity contribution in [3.05, 3.63) is 76.9 Å². The molecule has 3 rings (SSSR count). The van der Waals surface area contributed by atoms with Crippen molar-refractivity contribution in [3.63, 3.8) is 0 Å². The zero-order valence-electron chi connectivity index (χ0n) is 15.8. The molecule has 0 bridgehead atoms. The van der Waals surface area contributed by atoms with Gasteiger partial charge in [-0.3, -0.25) is 12.2 Å². The minimum atomic E-state index is 0. The summed E-state index contributed by atoms with van der Waals surface area (Å²) in [6.07, 6.45) is 13.4. The van der Waals surface area contributed by atoms with Gasteiger partial charge in [0, 0.05) is 10.2 Å². The maximum absolute atomic E-state index is 3.36. The number of hydrogen-bond donors (Lipinski definition) is 0. The maximum Gasteiger partial charge on any atom is 4.00 e. The maximum atomic E-state index is 3.36. The summed E-state index contributed by atoms with van der Waals surface area (Å²) in [6, 6.07) is 8.52. The van der Waals surface area contributed by atoms with Crippen LogP contribution in [0.5, 0.6) is 0 Å². The Balaban J connectivity index is -0.000000282. The SMILES string of the molecule is CC1=[C-]C(C)C(C)=C1C.Cc1ccc([SiH2])cc1.[C-]1=CC=CC1.[Cl-].[Cl-].[Zr+4]. The molecule has 1 unspecified atom stereocenters. The van der Waals surface area contributed by atoms with Gasteiger partial charge in [0.2, 0.25) is 0 Å². The molecule has 1 aromatic carbocycles. The number of benzene rings is 1. The smallest absolute Gasteiger partial charge is 1.00 e. The van der Waals surface area contributed by atoms with Gasteiger partial charge in [-0.05, 0) is 6.92 Å². The number of halogens is 2. The number of allylic oxidation sites excluding steroid dienone is 8. The minimum Gasteiger partial charge on any atom is -1.00 e. The van der Waals surface area contributed by atoms with Gasteiger partial charge < -0.3 is 24.8 Å². The van der Waals surface area contributed by atoms with E-state index in [1.54, 1.807) is 0 Å². The van der Waals surface area contributed by atoms with Gasteiger partial charge in [0.15, 0.2) is 0 Å². The summed E-state index contributed by atoms with van der Waals surface area (Å²) >= 11 is 0. The van der Waals surface area contributed by atoms with Crippen LogP contribution in [0.15, 0.2) is 59.2 Å². The Morgan fingerprint density at radius 3 is 1.76 bits per heavy atom. The second kappa shape index (κ2) is 16.1. The fraction of sp³-hybridized carbons (Fsp3) is 0.333. The van der Waals surface area contributed by atoms with E-state index in [0.29, 0.717) is 5.92 Å². The fourth-order valence-electron chi connectivity index (χ4n) is 2.09. The van der Waals surface area contributed by atoms with E-state index in [0.717, 1.165) is 6.42 Å². The first kappa shape index (κ1) is 29.6. The molecule has 1 atom stereocenters. The van der Waals surface area contributed by atoms with Crippen LogP contribution >= 0.6 is 0 Å². The van der Waals surface area contributed by atoms with E-state index in [2.05, 4.69) is 77.1 Å². The van der Waals surface area contributed by atoms with Crippen LogP contribution in [0.2, 0.25) is 0 Å². The van der Waals surface area contributed by atoms with Crippen molar-refractivity contribution in [1.82, 2.24) is 0 Å². The average molecular weight is 470 g/mol. The van der Waals surface area contributed by atoms with E-state index in [1.807, 2.05) is 22.4 Å². The summed E-state index contributed by atoms with van der Waals surface area (Å²) < 4.78 is 0. The first-order valence-electron chi connectivity index (χ1n) is 7.80. The Bertz CT molecular complexity index is 568. The minimum absolute atomic E-state index is 0. The van der Waals surface area contributed by atoms with Gasteiger partial charge in [0.1, 0.15) is 0 Å². The summed E-state index contributed by atoms with van der Waals surface area (Å²) in [7, 11) is 1.91. The van der Waals surface area contributed by atoms with Crippen LogP contribution in [0, 0.1) is 25.0 Å². The van der Waals surface area contributed by atoms with Gasteiger partial charge in [0.25, 0.3) is 0 Å². The van der Waals surface area contributed by atoms with Crippen molar-refractivity contribution in [2.24, 2.45) is 5.92 Å². The van der Waals surface area contributed by atoms with Crippen molar-refractivity contribution in [2.45, 2.75) is 41.0 Å². The van der Waals surface area contributed by atoms with Gasteiger partial charge in [-0.1, -0.05) is 61.7 Å². The molecule has 0 aromatic heterocycles. The molecule has 2 aliphatic carbocycles. The van der Waals surface area contributed by atoms with E-state index < -0.39 is 0 Å². The second-order valence-corrected chi connectivity index (χ2v) is 6.60. The second-order valence-electron chi connectivity index (χ2n) is 5.79. The van der Waals surface area contributed by atoms with E-state index in [4.69, 9.17) is 0 Å². The molecule has 2 aliphatic rings. The molecule has 133 valence electrons. The summed E-state index contributed by atoms with van der Waals surface area (Å²) in [5.41, 5.74) is 5.58. The molecule has 0 nitrogen and oxygen atoms in total. The summed E-state index contributed by atoms with van der Waals surface area (Å²) in [6.45, 7) is 10.8. The van der Waals surface area contributed by atoms with E-state index in [1.165, 1.54) is 27.5 Å². The van der Waals surface area contributed by atoms with Gasteiger partial charge in [-0.25, -0.2) is 17.7 Å². The molecule has 1 aromatic rings. The molecule has 1 radical (unpaired) electrons. The third-order valence-electron chi connectivity index (χ3n) is 3.94. The largest absolute Gasteiger partial charge is 4.00 e. The number of aryl methyl sites for hydroxylation is 1. The van der Waals surface area contributed by atoms with E-state index >= 15 is 0 Å². The predicted octanol–water partition coefficient (Wildman–Crippen LogP) is -1.71. The van der Waals surface area contributed by atoms with Crippen molar-refractivity contribution in [2.75, 3.05) is 0 Å². The van der Waals surface area contributed by atoms with Crippen LogP contribution in [0.1, 0.15) is 39.7 Å². The number of hydrogen-bond acceptors (Lipinski definition) is 0. The van der Waals surface area contributed by atoms with Crippen molar-refractivity contribution >= 4 is 15.4 Å². The standard InChI is InChI=1S/C9H13.C7H9Si.C5H5.2ClH.Zr/c1-6-5-7(2)9(4)8(6)3;1-6-2-4-7(8)5-3-6;1-2-4-5-3-1;;;/h6H,1-4H3;2-5H,8H2,1H3;1-3H,4H2;2*1H;/q-1;;-1;;;+4/p-2. The van der Waals surface area contributed by atoms with Gasteiger partial charge in [0.05, 0.1) is 0 Å². The van der Waals surface area contributed by atoms with Crippen LogP contribution in [0.4, 0.5) is 0 Å². The number of rotatable bonds is 0. The summed E-state index contributed by atoms with van der Waals surface area (Å²) in [5, 5.41) is 1.36. The van der Waals surface area contributed by atoms with Crippen LogP contribution in [-0.2, 0) is 26.2 Å². The molecular weight excluding hydrogens is 442 g/mol. The quantitative estimate of drug-likeness (QED) is 0.314. The average Bonchev–Trinajstić information content (AvgIpc) is 3.14. The fourth-order valence-corrected chi connectivity index (χ4v) is 2.33. The first-order chi connectivity index (χ1) is 10.4. The van der Waals surface area contributed by atoms with Crippen LogP contribution < -0.4 is 30.0 Å². The Kier molecular flexibility index (Phi) is 19.0. The van der Waals surface area contributed by atoms with Crippen molar-refractivity contribution in [1.29, 1.82) is 0 Å². The van der Waals surface area contributed by atoms with Gasteiger partial charge in [-0.2, -0.15) is 17.2 Å². The normalized spacial score (nSPS) is 16.2. The predicted molar refractivity (Wildman–Crippen MR) is 101 cm³/mol. The Hall–Kier alpha value is -0.140. The zero-order valence-corrected chi connectivity index (χ0v) is 21.2. The van der Waals surface area contributed by atoms with Crippen LogP contribution in [-0.4, -0.2) is 10.2 Å². The Labute approximate surface area is 189 Å². The van der Waals surface area contributed by atoms with Crippen molar-refractivity contribution in [3.8, 4) is 0 Å². The Morgan fingerprint density at radius 2 is 1.56 bits per heavy atom. The van der Waals surface area contributed by atoms with Crippen molar-refractivity contribution < 1.29 is 51.0 Å². The first-order valence-corrected chi connectivity index (χ1v) is 8.50. The third kappa shape index (κ3) is 12.0. The molecule has 0 amide bonds. The molecule has 0 aliphatic heterocycles. The van der Waals surface area contributed by atoms with E-state index in [9.17, 15) is 0 Å². The van der Waals surface area contributed by atoms with Crippen LogP contribution in [0.25, 0.3) is 0 Å². The van der Waals surface area contributed by atoms with Gasteiger partial charge >= 0.3 is 26.2 Å².